The van der Waals surface area contributed by atoms with Crippen LogP contribution < -0.4 is 19.7 Å². The van der Waals surface area contributed by atoms with Crippen molar-refractivity contribution in [2.45, 2.75) is 5.03 Å². The highest BCUT2D eigenvalue weighted by molar-refractivity contribution is 7.92. The van der Waals surface area contributed by atoms with E-state index in [-0.39, 0.29) is 16.6 Å². The minimum Gasteiger partial charge on any atom is -0.480 e. The van der Waals surface area contributed by atoms with Gasteiger partial charge in [0.25, 0.3) is 10.0 Å². The van der Waals surface area contributed by atoms with E-state index in [0.717, 1.165) is 66.8 Å². The van der Waals surface area contributed by atoms with Gasteiger partial charge in [-0.2, -0.15) is 8.42 Å². The number of pyridine rings is 2. The number of methoxy groups -OCH3 is 1. The standard InChI is InChI=1S/C23H22FN7O3S/c1-34-23-20(30-35(32,33)21-5-3-17(24)13-26-21)11-16(12-27-23)15-2-4-19-18(10-15)22(29-14-28-19)31-8-6-25-7-9-31/h2-5,10-14,25,30H,6-9H2,1H3. The molecule has 0 radical (unpaired) electrons. The van der Waals surface area contributed by atoms with Gasteiger partial charge in [0, 0.05) is 43.3 Å². The molecule has 0 saturated carbocycles. The van der Waals surface area contributed by atoms with Crippen LogP contribution >= 0.6 is 0 Å². The van der Waals surface area contributed by atoms with Crippen molar-refractivity contribution in [1.82, 2.24) is 25.3 Å². The summed E-state index contributed by atoms with van der Waals surface area (Å²) in [5, 5.41) is 3.90. The maximum absolute atomic E-state index is 13.2. The molecule has 1 fully saturated rings. The molecule has 12 heteroatoms. The van der Waals surface area contributed by atoms with Crippen LogP contribution in [0.25, 0.3) is 22.0 Å². The summed E-state index contributed by atoms with van der Waals surface area (Å²) in [4.78, 5) is 19.1. The molecule has 0 spiro atoms. The zero-order chi connectivity index (χ0) is 24.4. The van der Waals surface area contributed by atoms with Crippen LogP contribution in [0, 0.1) is 5.82 Å². The first-order chi connectivity index (χ1) is 16.9. The normalized spacial score (nSPS) is 14.2. The van der Waals surface area contributed by atoms with Gasteiger partial charge in [0.15, 0.2) is 5.03 Å². The first-order valence-corrected chi connectivity index (χ1v) is 12.3. The van der Waals surface area contributed by atoms with Crippen LogP contribution in [0.3, 0.4) is 0 Å². The summed E-state index contributed by atoms with van der Waals surface area (Å²) in [5.74, 6) is 0.305. The number of rotatable bonds is 6. The van der Waals surface area contributed by atoms with Gasteiger partial charge in [-0.1, -0.05) is 6.07 Å². The number of anilines is 2. The van der Waals surface area contributed by atoms with Crippen molar-refractivity contribution in [3.63, 3.8) is 0 Å². The third kappa shape index (κ3) is 4.70. The summed E-state index contributed by atoms with van der Waals surface area (Å²) in [5.41, 5.74) is 2.40. The van der Waals surface area contributed by atoms with Crippen LogP contribution in [0.5, 0.6) is 5.88 Å². The van der Waals surface area contributed by atoms with Crippen LogP contribution in [0.15, 0.2) is 60.1 Å². The number of aromatic nitrogens is 4. The molecule has 5 rings (SSSR count). The highest BCUT2D eigenvalue weighted by atomic mass is 32.2. The van der Waals surface area contributed by atoms with E-state index in [2.05, 4.69) is 34.9 Å². The summed E-state index contributed by atoms with van der Waals surface area (Å²) < 4.78 is 46.5. The molecule has 0 unspecified atom stereocenters. The molecular weight excluding hydrogens is 473 g/mol. The first kappa shape index (κ1) is 22.9. The second-order valence-electron chi connectivity index (χ2n) is 7.87. The average molecular weight is 496 g/mol. The molecule has 0 aliphatic carbocycles. The molecule has 0 bridgehead atoms. The minimum absolute atomic E-state index is 0.0880. The van der Waals surface area contributed by atoms with E-state index in [0.29, 0.717) is 5.56 Å². The molecule has 1 aliphatic heterocycles. The predicted octanol–water partition coefficient (Wildman–Crippen LogP) is 2.44. The Bertz CT molecular complexity index is 1480. The van der Waals surface area contributed by atoms with Gasteiger partial charge in [0.05, 0.1) is 18.8 Å². The lowest BCUT2D eigenvalue weighted by Crippen LogP contribution is -2.44. The van der Waals surface area contributed by atoms with Gasteiger partial charge in [-0.05, 0) is 35.9 Å². The third-order valence-electron chi connectivity index (χ3n) is 5.63. The Balaban J connectivity index is 1.53. The number of nitrogens with zero attached hydrogens (tertiary/aromatic N) is 5. The van der Waals surface area contributed by atoms with Gasteiger partial charge in [-0.3, -0.25) is 4.72 Å². The number of sulfonamides is 1. The average Bonchev–Trinajstić information content (AvgIpc) is 2.88. The zero-order valence-electron chi connectivity index (χ0n) is 18.8. The second kappa shape index (κ2) is 9.39. The van der Waals surface area contributed by atoms with E-state index in [1.165, 1.54) is 7.11 Å². The Hall–Kier alpha value is -3.90. The molecular formula is C23H22FN7O3S. The van der Waals surface area contributed by atoms with Gasteiger partial charge in [-0.25, -0.2) is 24.3 Å². The predicted molar refractivity (Wildman–Crippen MR) is 129 cm³/mol. The summed E-state index contributed by atoms with van der Waals surface area (Å²) in [6, 6.07) is 9.50. The van der Waals surface area contributed by atoms with Crippen LogP contribution in [-0.2, 0) is 10.0 Å². The largest absolute Gasteiger partial charge is 0.480 e. The van der Waals surface area contributed by atoms with Crippen molar-refractivity contribution in [2.75, 3.05) is 42.9 Å². The number of benzene rings is 1. The number of hydrogen-bond acceptors (Lipinski definition) is 9. The lowest BCUT2D eigenvalue weighted by atomic mass is 10.0. The monoisotopic (exact) mass is 495 g/mol. The van der Waals surface area contributed by atoms with Crippen LogP contribution in [0.4, 0.5) is 15.9 Å². The molecule has 1 aromatic carbocycles. The second-order valence-corrected chi connectivity index (χ2v) is 9.50. The zero-order valence-corrected chi connectivity index (χ0v) is 19.6. The Kier molecular flexibility index (Phi) is 6.14. The molecule has 0 atom stereocenters. The van der Waals surface area contributed by atoms with Crippen molar-refractivity contribution >= 4 is 32.4 Å². The SMILES string of the molecule is COc1ncc(-c2ccc3ncnc(N4CCNCC4)c3c2)cc1NS(=O)(=O)c1ccc(F)cn1. The fourth-order valence-electron chi connectivity index (χ4n) is 3.92. The maximum Gasteiger partial charge on any atom is 0.279 e. The minimum atomic E-state index is -4.10. The van der Waals surface area contributed by atoms with Crippen molar-refractivity contribution in [3.8, 4) is 17.0 Å². The molecule has 35 heavy (non-hydrogen) atoms. The van der Waals surface area contributed by atoms with E-state index < -0.39 is 15.8 Å². The fourth-order valence-corrected chi connectivity index (χ4v) is 4.89. The Morgan fingerprint density at radius 3 is 2.57 bits per heavy atom. The van der Waals surface area contributed by atoms with E-state index in [9.17, 15) is 12.8 Å². The number of halogens is 1. The number of piperazine rings is 1. The Morgan fingerprint density at radius 2 is 1.83 bits per heavy atom. The van der Waals surface area contributed by atoms with E-state index in [1.807, 2.05) is 18.2 Å². The highest BCUT2D eigenvalue weighted by Gasteiger charge is 2.20. The van der Waals surface area contributed by atoms with Crippen LogP contribution in [0.2, 0.25) is 0 Å². The molecule has 3 aromatic heterocycles. The fraction of sp³-hybridized carbons (Fsp3) is 0.217. The van der Waals surface area contributed by atoms with Gasteiger partial charge in [-0.15, -0.1) is 0 Å². The lowest BCUT2D eigenvalue weighted by molar-refractivity contribution is 0.400. The van der Waals surface area contributed by atoms with Crippen molar-refractivity contribution < 1.29 is 17.5 Å². The number of fused-ring (bicyclic) bond motifs is 1. The number of nitrogens with one attached hydrogen (secondary N) is 2. The molecule has 1 aliphatic rings. The molecule has 180 valence electrons. The van der Waals surface area contributed by atoms with Crippen molar-refractivity contribution in [1.29, 1.82) is 0 Å². The maximum atomic E-state index is 13.2. The summed E-state index contributed by atoms with van der Waals surface area (Å²) in [6.45, 7) is 3.42. The Labute approximate surface area is 201 Å². The third-order valence-corrected chi connectivity index (χ3v) is 6.91. The first-order valence-electron chi connectivity index (χ1n) is 10.8. The van der Waals surface area contributed by atoms with Gasteiger partial charge >= 0.3 is 0 Å². The van der Waals surface area contributed by atoms with Crippen molar-refractivity contribution in [2.24, 2.45) is 0 Å². The molecule has 4 aromatic rings. The molecule has 2 N–H and O–H groups in total. The summed E-state index contributed by atoms with van der Waals surface area (Å²) in [6.07, 6.45) is 4.00. The van der Waals surface area contributed by atoms with E-state index in [1.54, 1.807) is 18.6 Å². The molecule has 1 saturated heterocycles. The summed E-state index contributed by atoms with van der Waals surface area (Å²) >= 11 is 0. The van der Waals surface area contributed by atoms with Gasteiger partial charge < -0.3 is 15.0 Å². The van der Waals surface area contributed by atoms with Crippen LogP contribution in [-0.4, -0.2) is 61.6 Å². The molecule has 4 heterocycles. The topological polar surface area (TPSA) is 122 Å². The van der Waals surface area contributed by atoms with Gasteiger partial charge in [0.1, 0.15) is 23.6 Å². The van der Waals surface area contributed by atoms with Gasteiger partial charge in [0.2, 0.25) is 5.88 Å². The lowest BCUT2D eigenvalue weighted by Gasteiger charge is -2.29. The van der Waals surface area contributed by atoms with E-state index >= 15 is 0 Å². The number of hydrogen-bond donors (Lipinski definition) is 2. The number of ether oxygens (including phenoxy) is 1. The highest BCUT2D eigenvalue weighted by Crippen LogP contribution is 2.33. The van der Waals surface area contributed by atoms with E-state index in [4.69, 9.17) is 4.74 Å². The molecule has 0 amide bonds. The quantitative estimate of drug-likeness (QED) is 0.415. The summed E-state index contributed by atoms with van der Waals surface area (Å²) in [7, 11) is -2.71. The van der Waals surface area contributed by atoms with Crippen molar-refractivity contribution in [3.05, 3.63) is 60.9 Å². The van der Waals surface area contributed by atoms with Crippen LogP contribution in [0.1, 0.15) is 0 Å². The Morgan fingerprint density at radius 1 is 1.00 bits per heavy atom. The molecule has 10 nitrogen and oxygen atoms in total. The smallest absolute Gasteiger partial charge is 0.279 e.